The number of anilines is 3. The SMILES string of the molecule is c1ccc(-c2ccc(-c3ccc(N(c4ccc(-c5ccc(-c6ccccc6)cc5)cc4)c4cccc(-c5cc6c7c(cccc7c5)Oc5ccccc5-6)c4)cc3)cc2)cc1. The van der Waals surface area contributed by atoms with E-state index < -0.39 is 0 Å². The molecule has 0 aromatic heterocycles. The second-order valence-electron chi connectivity index (χ2n) is 15.3. The zero-order chi connectivity index (χ0) is 39.8. The van der Waals surface area contributed by atoms with E-state index in [1.165, 1.54) is 50.1 Å². The Kier molecular flexibility index (Phi) is 8.87. The molecular formula is C58H39NO. The Labute approximate surface area is 350 Å². The van der Waals surface area contributed by atoms with Crippen molar-refractivity contribution >= 4 is 27.8 Å². The lowest BCUT2D eigenvalue weighted by atomic mass is 9.90. The summed E-state index contributed by atoms with van der Waals surface area (Å²) in [6.07, 6.45) is 0. The fraction of sp³-hybridized carbons (Fsp3) is 0. The Balaban J connectivity index is 0.972. The summed E-state index contributed by atoms with van der Waals surface area (Å²) in [4.78, 5) is 2.36. The quantitative estimate of drug-likeness (QED) is 0.153. The predicted octanol–water partition coefficient (Wildman–Crippen LogP) is 16.4. The minimum absolute atomic E-state index is 0.890. The standard InChI is InChI=1S/C58H39NO/c1-3-11-40(12-4-1)42-21-25-44(26-22-42)46-29-33-51(34-30-46)59(52-35-31-47(32-36-52)45-27-23-43(24-28-45)41-13-5-2-6-14-41)53-17-9-15-48(38-53)50-37-49-16-10-20-57-58(49)55(39-50)54-18-7-8-19-56(54)60-57/h1-39H. The molecule has 1 aliphatic rings. The maximum atomic E-state index is 6.36. The van der Waals surface area contributed by atoms with Crippen molar-refractivity contribution in [1.82, 2.24) is 0 Å². The molecule has 0 amide bonds. The molecule has 0 atom stereocenters. The molecule has 11 rings (SSSR count). The topological polar surface area (TPSA) is 12.5 Å². The van der Waals surface area contributed by atoms with Crippen molar-refractivity contribution in [2.24, 2.45) is 0 Å². The average molecular weight is 766 g/mol. The first-order valence-corrected chi connectivity index (χ1v) is 20.5. The van der Waals surface area contributed by atoms with Crippen molar-refractivity contribution in [2.45, 2.75) is 0 Å². The third-order valence-corrected chi connectivity index (χ3v) is 11.7. The van der Waals surface area contributed by atoms with Gasteiger partial charge in [-0.05, 0) is 127 Å². The van der Waals surface area contributed by atoms with Gasteiger partial charge in [0.15, 0.2) is 0 Å². The van der Waals surface area contributed by atoms with Crippen LogP contribution in [0.25, 0.3) is 77.5 Å². The van der Waals surface area contributed by atoms with Gasteiger partial charge in [0.1, 0.15) is 11.5 Å². The van der Waals surface area contributed by atoms with Gasteiger partial charge in [-0.25, -0.2) is 0 Å². The van der Waals surface area contributed by atoms with Crippen LogP contribution in [0.2, 0.25) is 0 Å². The molecule has 0 N–H and O–H groups in total. The molecule has 0 saturated carbocycles. The molecule has 10 aromatic carbocycles. The fourth-order valence-electron chi connectivity index (χ4n) is 8.60. The lowest BCUT2D eigenvalue weighted by molar-refractivity contribution is 0.487. The minimum Gasteiger partial charge on any atom is -0.456 e. The van der Waals surface area contributed by atoms with Crippen LogP contribution in [0.15, 0.2) is 237 Å². The largest absolute Gasteiger partial charge is 0.456 e. The van der Waals surface area contributed by atoms with E-state index in [2.05, 4.69) is 235 Å². The number of ether oxygens (including phenoxy) is 1. The first kappa shape index (κ1) is 35.2. The summed E-state index contributed by atoms with van der Waals surface area (Å²) >= 11 is 0. The summed E-state index contributed by atoms with van der Waals surface area (Å²) in [5.74, 6) is 1.79. The highest BCUT2D eigenvalue weighted by atomic mass is 16.5. The maximum absolute atomic E-state index is 6.36. The number of hydrogen-bond acceptors (Lipinski definition) is 2. The van der Waals surface area contributed by atoms with E-state index in [1.54, 1.807) is 0 Å². The number of hydrogen-bond donors (Lipinski definition) is 0. The Hall–Kier alpha value is -7.94. The van der Waals surface area contributed by atoms with Crippen molar-refractivity contribution < 1.29 is 4.74 Å². The van der Waals surface area contributed by atoms with Crippen molar-refractivity contribution in [2.75, 3.05) is 4.90 Å². The van der Waals surface area contributed by atoms with Crippen LogP contribution in [0, 0.1) is 0 Å². The first-order chi connectivity index (χ1) is 29.7. The van der Waals surface area contributed by atoms with Gasteiger partial charge < -0.3 is 9.64 Å². The second kappa shape index (κ2) is 15.1. The van der Waals surface area contributed by atoms with Crippen LogP contribution in [0.5, 0.6) is 11.5 Å². The smallest absolute Gasteiger partial charge is 0.135 e. The molecule has 1 heterocycles. The Bertz CT molecular complexity index is 2990. The molecule has 282 valence electrons. The van der Waals surface area contributed by atoms with Crippen LogP contribution in [0.3, 0.4) is 0 Å². The molecule has 0 unspecified atom stereocenters. The Morgan fingerprint density at radius 3 is 1.23 bits per heavy atom. The molecule has 0 radical (unpaired) electrons. The normalized spacial score (nSPS) is 11.5. The molecule has 60 heavy (non-hydrogen) atoms. The molecule has 0 fully saturated rings. The Morgan fingerprint density at radius 1 is 0.250 bits per heavy atom. The molecule has 10 aromatic rings. The van der Waals surface area contributed by atoms with E-state index in [4.69, 9.17) is 4.74 Å². The van der Waals surface area contributed by atoms with Crippen LogP contribution >= 0.6 is 0 Å². The highest BCUT2D eigenvalue weighted by molar-refractivity contribution is 6.06. The van der Waals surface area contributed by atoms with Gasteiger partial charge in [-0.1, -0.05) is 176 Å². The zero-order valence-electron chi connectivity index (χ0n) is 32.9. The monoisotopic (exact) mass is 765 g/mol. The van der Waals surface area contributed by atoms with Gasteiger partial charge in [0.05, 0.1) is 0 Å². The van der Waals surface area contributed by atoms with E-state index in [0.717, 1.165) is 56.0 Å². The van der Waals surface area contributed by atoms with Crippen molar-refractivity contribution in [3.63, 3.8) is 0 Å². The third kappa shape index (κ3) is 6.61. The van der Waals surface area contributed by atoms with Crippen LogP contribution in [-0.4, -0.2) is 0 Å². The van der Waals surface area contributed by atoms with Gasteiger partial charge in [0.25, 0.3) is 0 Å². The van der Waals surface area contributed by atoms with E-state index in [1.807, 2.05) is 6.07 Å². The van der Waals surface area contributed by atoms with E-state index in [-0.39, 0.29) is 0 Å². The van der Waals surface area contributed by atoms with Gasteiger partial charge in [0, 0.05) is 28.0 Å². The summed E-state index contributed by atoms with van der Waals surface area (Å²) in [5.41, 5.74) is 17.5. The average Bonchev–Trinajstić information content (AvgIpc) is 3.33. The number of para-hydroxylation sites is 1. The summed E-state index contributed by atoms with van der Waals surface area (Å²) < 4.78 is 6.36. The number of nitrogens with zero attached hydrogens (tertiary/aromatic N) is 1. The third-order valence-electron chi connectivity index (χ3n) is 11.7. The number of fused-ring (bicyclic) bond motifs is 2. The van der Waals surface area contributed by atoms with E-state index >= 15 is 0 Å². The lowest BCUT2D eigenvalue weighted by Crippen LogP contribution is -2.10. The predicted molar refractivity (Wildman–Crippen MR) is 251 cm³/mol. The molecule has 0 saturated heterocycles. The molecule has 2 nitrogen and oxygen atoms in total. The highest BCUT2D eigenvalue weighted by Crippen LogP contribution is 2.48. The molecule has 0 spiro atoms. The van der Waals surface area contributed by atoms with E-state index in [0.29, 0.717) is 0 Å². The summed E-state index contributed by atoms with van der Waals surface area (Å²) in [6.45, 7) is 0. The lowest BCUT2D eigenvalue weighted by Gasteiger charge is -2.27. The van der Waals surface area contributed by atoms with E-state index in [9.17, 15) is 0 Å². The highest BCUT2D eigenvalue weighted by Gasteiger charge is 2.21. The van der Waals surface area contributed by atoms with Gasteiger partial charge in [-0.2, -0.15) is 0 Å². The molecular weight excluding hydrogens is 727 g/mol. The second-order valence-corrected chi connectivity index (χ2v) is 15.3. The molecule has 0 aliphatic carbocycles. The van der Waals surface area contributed by atoms with Gasteiger partial charge in [0.2, 0.25) is 0 Å². The first-order valence-electron chi connectivity index (χ1n) is 20.5. The van der Waals surface area contributed by atoms with Gasteiger partial charge >= 0.3 is 0 Å². The van der Waals surface area contributed by atoms with Crippen LogP contribution < -0.4 is 9.64 Å². The summed E-state index contributed by atoms with van der Waals surface area (Å²) in [7, 11) is 0. The molecule has 1 aliphatic heterocycles. The van der Waals surface area contributed by atoms with Crippen molar-refractivity contribution in [1.29, 1.82) is 0 Å². The zero-order valence-corrected chi connectivity index (χ0v) is 32.9. The number of rotatable bonds is 8. The number of benzene rings is 10. The molecule has 0 bridgehead atoms. The molecule has 2 heteroatoms. The van der Waals surface area contributed by atoms with Crippen molar-refractivity contribution in [3.05, 3.63) is 237 Å². The summed E-state index contributed by atoms with van der Waals surface area (Å²) in [6, 6.07) is 84.9. The van der Waals surface area contributed by atoms with Crippen LogP contribution in [0.4, 0.5) is 17.1 Å². The Morgan fingerprint density at radius 2 is 0.683 bits per heavy atom. The minimum atomic E-state index is 0.890. The van der Waals surface area contributed by atoms with Gasteiger partial charge in [-0.3, -0.25) is 0 Å². The van der Waals surface area contributed by atoms with Crippen LogP contribution in [-0.2, 0) is 0 Å². The van der Waals surface area contributed by atoms with Gasteiger partial charge in [-0.15, -0.1) is 0 Å². The van der Waals surface area contributed by atoms with Crippen molar-refractivity contribution in [3.8, 4) is 78.3 Å². The fourth-order valence-corrected chi connectivity index (χ4v) is 8.60. The van der Waals surface area contributed by atoms with Crippen LogP contribution in [0.1, 0.15) is 0 Å². The summed E-state index contributed by atoms with van der Waals surface area (Å²) in [5, 5.41) is 2.32. The maximum Gasteiger partial charge on any atom is 0.135 e.